The zero-order valence-electron chi connectivity index (χ0n) is 13.9. The number of hydrogen-bond acceptors (Lipinski definition) is 1. The highest BCUT2D eigenvalue weighted by molar-refractivity contribution is 5.32. The molecule has 21 heavy (non-hydrogen) atoms. The van der Waals surface area contributed by atoms with Crippen LogP contribution in [-0.2, 0) is 0 Å². The number of likely N-dealkylation sites (tertiary alicyclic amines) is 1. The first-order valence-corrected chi connectivity index (χ1v) is 9.07. The van der Waals surface area contributed by atoms with Gasteiger partial charge in [0.1, 0.15) is 0 Å². The van der Waals surface area contributed by atoms with E-state index in [-0.39, 0.29) is 0 Å². The van der Waals surface area contributed by atoms with Gasteiger partial charge in [0.05, 0.1) is 0 Å². The van der Waals surface area contributed by atoms with Gasteiger partial charge >= 0.3 is 0 Å². The highest BCUT2D eigenvalue weighted by Gasteiger charge is 2.30. The number of benzene rings is 1. The maximum Gasteiger partial charge on any atom is 0.0376 e. The molecule has 1 aromatic carbocycles. The summed E-state index contributed by atoms with van der Waals surface area (Å²) < 4.78 is 0. The molecular weight excluding hydrogens is 254 g/mol. The third-order valence-corrected chi connectivity index (χ3v) is 5.75. The minimum absolute atomic E-state index is 0.685. The Morgan fingerprint density at radius 3 is 2.19 bits per heavy atom. The molecule has 0 amide bonds. The molecule has 0 radical (unpaired) electrons. The van der Waals surface area contributed by atoms with E-state index in [4.69, 9.17) is 0 Å². The van der Waals surface area contributed by atoms with Crippen LogP contribution in [0, 0.1) is 19.8 Å². The largest absolute Gasteiger partial charge is 0.296 e. The van der Waals surface area contributed by atoms with Crippen LogP contribution in [0.3, 0.4) is 0 Å². The molecule has 0 spiro atoms. The topological polar surface area (TPSA) is 3.24 Å². The Labute approximate surface area is 130 Å². The van der Waals surface area contributed by atoms with Crippen molar-refractivity contribution in [2.75, 3.05) is 13.1 Å². The fourth-order valence-electron chi connectivity index (χ4n) is 4.38. The maximum atomic E-state index is 2.81. The highest BCUT2D eigenvalue weighted by atomic mass is 15.2. The molecule has 1 heteroatoms. The standard InChI is InChI=1S/C20H31N/c1-16-11-12-19(15-17(16)2)20(18-9-5-3-6-10-18)21-13-7-4-8-14-21/h11-12,15,18,20H,3-10,13-14H2,1-2H3. The molecule has 1 saturated heterocycles. The van der Waals surface area contributed by atoms with Gasteiger partial charge in [0.25, 0.3) is 0 Å². The molecule has 0 N–H and O–H groups in total. The van der Waals surface area contributed by atoms with Crippen LogP contribution in [0.1, 0.15) is 74.1 Å². The summed E-state index contributed by atoms with van der Waals surface area (Å²) in [5, 5.41) is 0. The number of hydrogen-bond donors (Lipinski definition) is 0. The molecule has 116 valence electrons. The lowest BCUT2D eigenvalue weighted by atomic mass is 9.79. The summed E-state index contributed by atoms with van der Waals surface area (Å²) in [5.41, 5.74) is 4.48. The average molecular weight is 285 g/mol. The molecular formula is C20H31N. The van der Waals surface area contributed by atoms with Crippen LogP contribution in [-0.4, -0.2) is 18.0 Å². The Balaban J connectivity index is 1.87. The molecule has 1 unspecified atom stereocenters. The van der Waals surface area contributed by atoms with E-state index in [2.05, 4.69) is 36.9 Å². The van der Waals surface area contributed by atoms with Gasteiger partial charge in [-0.05, 0) is 75.2 Å². The Morgan fingerprint density at radius 2 is 1.52 bits per heavy atom. The van der Waals surface area contributed by atoms with Crippen molar-refractivity contribution in [1.29, 1.82) is 0 Å². The second-order valence-electron chi connectivity index (χ2n) is 7.28. The zero-order chi connectivity index (χ0) is 14.7. The predicted molar refractivity (Wildman–Crippen MR) is 90.7 cm³/mol. The number of aryl methyl sites for hydroxylation is 2. The lowest BCUT2D eigenvalue weighted by molar-refractivity contribution is 0.0965. The van der Waals surface area contributed by atoms with Crippen LogP contribution in [0.25, 0.3) is 0 Å². The van der Waals surface area contributed by atoms with E-state index in [9.17, 15) is 0 Å². The minimum Gasteiger partial charge on any atom is -0.296 e. The first-order chi connectivity index (χ1) is 10.3. The predicted octanol–water partition coefficient (Wildman–Crippen LogP) is 5.41. The van der Waals surface area contributed by atoms with Crippen molar-refractivity contribution in [2.24, 2.45) is 5.92 Å². The van der Waals surface area contributed by atoms with Crippen molar-refractivity contribution < 1.29 is 0 Å². The van der Waals surface area contributed by atoms with E-state index in [1.165, 1.54) is 75.6 Å². The Bertz CT molecular complexity index is 435. The monoisotopic (exact) mass is 285 g/mol. The van der Waals surface area contributed by atoms with Crippen LogP contribution < -0.4 is 0 Å². The molecule has 1 heterocycles. The highest BCUT2D eigenvalue weighted by Crippen LogP contribution is 2.39. The first kappa shape index (κ1) is 15.1. The third kappa shape index (κ3) is 3.51. The fourth-order valence-corrected chi connectivity index (χ4v) is 4.38. The number of nitrogens with zero attached hydrogens (tertiary/aromatic N) is 1. The van der Waals surface area contributed by atoms with Gasteiger partial charge in [-0.25, -0.2) is 0 Å². The molecule has 1 nitrogen and oxygen atoms in total. The molecule has 0 aromatic heterocycles. The van der Waals surface area contributed by atoms with Gasteiger partial charge in [0, 0.05) is 6.04 Å². The lowest BCUT2D eigenvalue weighted by Gasteiger charge is -2.41. The summed E-state index contributed by atoms with van der Waals surface area (Å²) in [4.78, 5) is 2.81. The zero-order valence-corrected chi connectivity index (χ0v) is 13.9. The third-order valence-electron chi connectivity index (χ3n) is 5.75. The van der Waals surface area contributed by atoms with Crippen molar-refractivity contribution >= 4 is 0 Å². The van der Waals surface area contributed by atoms with E-state index in [1.54, 1.807) is 5.56 Å². The molecule has 1 saturated carbocycles. The maximum absolute atomic E-state index is 2.81. The van der Waals surface area contributed by atoms with Gasteiger partial charge in [-0.2, -0.15) is 0 Å². The van der Waals surface area contributed by atoms with Crippen LogP contribution in [0.2, 0.25) is 0 Å². The van der Waals surface area contributed by atoms with Crippen LogP contribution in [0.5, 0.6) is 0 Å². The van der Waals surface area contributed by atoms with Gasteiger partial charge in [0.15, 0.2) is 0 Å². The molecule has 1 atom stereocenters. The van der Waals surface area contributed by atoms with E-state index in [0.717, 1.165) is 5.92 Å². The van der Waals surface area contributed by atoms with Crippen molar-refractivity contribution in [3.63, 3.8) is 0 Å². The van der Waals surface area contributed by atoms with Gasteiger partial charge < -0.3 is 0 Å². The minimum atomic E-state index is 0.685. The molecule has 1 aliphatic carbocycles. The summed E-state index contributed by atoms with van der Waals surface area (Å²) in [7, 11) is 0. The molecule has 1 aromatic rings. The van der Waals surface area contributed by atoms with Gasteiger partial charge in [-0.15, -0.1) is 0 Å². The van der Waals surface area contributed by atoms with Crippen LogP contribution >= 0.6 is 0 Å². The molecule has 1 aliphatic heterocycles. The van der Waals surface area contributed by atoms with Crippen LogP contribution in [0.15, 0.2) is 18.2 Å². The Kier molecular flexibility index (Phi) is 5.00. The van der Waals surface area contributed by atoms with E-state index in [1.807, 2.05) is 0 Å². The van der Waals surface area contributed by atoms with E-state index >= 15 is 0 Å². The first-order valence-electron chi connectivity index (χ1n) is 9.07. The second-order valence-corrected chi connectivity index (χ2v) is 7.28. The Hall–Kier alpha value is -0.820. The molecule has 3 rings (SSSR count). The fraction of sp³-hybridized carbons (Fsp3) is 0.700. The number of rotatable bonds is 3. The molecule has 0 bridgehead atoms. The van der Waals surface area contributed by atoms with Gasteiger partial charge in [0.2, 0.25) is 0 Å². The normalized spacial score (nSPS) is 23.1. The Morgan fingerprint density at radius 1 is 0.857 bits per heavy atom. The van der Waals surface area contributed by atoms with Crippen LogP contribution in [0.4, 0.5) is 0 Å². The SMILES string of the molecule is Cc1ccc(C(C2CCCCC2)N2CCCCC2)cc1C. The molecule has 2 aliphatic rings. The summed E-state index contributed by atoms with van der Waals surface area (Å²) in [6.07, 6.45) is 11.4. The lowest BCUT2D eigenvalue weighted by Crippen LogP contribution is -2.38. The van der Waals surface area contributed by atoms with E-state index in [0.29, 0.717) is 6.04 Å². The number of piperidine rings is 1. The summed E-state index contributed by atoms with van der Waals surface area (Å²) in [6, 6.07) is 7.91. The van der Waals surface area contributed by atoms with Gasteiger partial charge in [-0.3, -0.25) is 4.90 Å². The smallest absolute Gasteiger partial charge is 0.0376 e. The van der Waals surface area contributed by atoms with E-state index < -0.39 is 0 Å². The molecule has 2 fully saturated rings. The van der Waals surface area contributed by atoms with Gasteiger partial charge in [-0.1, -0.05) is 43.9 Å². The average Bonchev–Trinajstić information content (AvgIpc) is 2.53. The summed E-state index contributed by atoms with van der Waals surface area (Å²) in [6.45, 7) is 7.13. The summed E-state index contributed by atoms with van der Waals surface area (Å²) >= 11 is 0. The quantitative estimate of drug-likeness (QED) is 0.717. The van der Waals surface area contributed by atoms with Crippen molar-refractivity contribution in [3.8, 4) is 0 Å². The van der Waals surface area contributed by atoms with Crippen molar-refractivity contribution in [1.82, 2.24) is 4.90 Å². The van der Waals surface area contributed by atoms with Crippen molar-refractivity contribution in [3.05, 3.63) is 34.9 Å². The second kappa shape index (κ2) is 6.96. The van der Waals surface area contributed by atoms with Crippen molar-refractivity contribution in [2.45, 2.75) is 71.3 Å². The summed E-state index contributed by atoms with van der Waals surface area (Å²) in [5.74, 6) is 0.888.